The fraction of sp³-hybridized carbons (Fsp3) is 0.579. The predicted molar refractivity (Wildman–Crippen MR) is 104 cm³/mol. The van der Waals surface area contributed by atoms with E-state index in [2.05, 4.69) is 17.6 Å². The number of piperidine rings is 1. The average Bonchev–Trinajstić information content (AvgIpc) is 3.05. The molecule has 0 saturated carbocycles. The minimum Gasteiger partial charge on any atom is -0.486 e. The highest BCUT2D eigenvalue weighted by Gasteiger charge is 2.39. The van der Waals surface area contributed by atoms with Crippen molar-refractivity contribution in [3.8, 4) is 11.5 Å². The molecule has 3 heterocycles. The summed E-state index contributed by atoms with van der Waals surface area (Å²) in [6.07, 6.45) is 1.57. The Labute approximate surface area is 165 Å². The molecule has 1 aromatic carbocycles. The molecule has 2 saturated heterocycles. The second-order valence-corrected chi connectivity index (χ2v) is 7.24. The van der Waals surface area contributed by atoms with Crippen LogP contribution < -0.4 is 25.0 Å². The summed E-state index contributed by atoms with van der Waals surface area (Å²) in [5.41, 5.74) is 0.752. The Bertz CT molecular complexity index is 714. The largest absolute Gasteiger partial charge is 0.486 e. The van der Waals surface area contributed by atoms with Gasteiger partial charge in [-0.05, 0) is 37.4 Å². The van der Waals surface area contributed by atoms with Crippen LogP contribution in [0.15, 0.2) is 18.2 Å². The second-order valence-electron chi connectivity index (χ2n) is 7.24. The highest BCUT2D eigenvalue weighted by Crippen LogP contribution is 2.36. The van der Waals surface area contributed by atoms with E-state index in [1.54, 1.807) is 4.90 Å². The fourth-order valence-electron chi connectivity index (χ4n) is 3.85. The summed E-state index contributed by atoms with van der Waals surface area (Å²) in [5, 5.41) is 6.37. The van der Waals surface area contributed by atoms with E-state index in [1.807, 2.05) is 18.2 Å². The Kier molecular flexibility index (Phi) is 6.11. The number of amides is 2. The summed E-state index contributed by atoms with van der Waals surface area (Å²) in [6.45, 7) is 5.46. The monoisotopic (exact) mass is 395 g/mol. The Morgan fingerprint density at radius 2 is 2.00 bits per heavy atom. The molecule has 1 aromatic rings. The topological polar surface area (TPSA) is 79.9 Å². The van der Waals surface area contributed by atoms with E-state index in [1.165, 1.54) is 0 Å². The van der Waals surface area contributed by atoms with Crippen molar-refractivity contribution in [3.63, 3.8) is 0 Å². The number of hydrogen-bond donors (Lipinski definition) is 2. The van der Waals surface area contributed by atoms with Crippen molar-refractivity contribution < 1.29 is 19.1 Å². The third-order valence-electron chi connectivity index (χ3n) is 5.51. The highest BCUT2D eigenvalue weighted by molar-refractivity contribution is 6.09. The van der Waals surface area contributed by atoms with Crippen LogP contribution in [0.4, 0.5) is 5.69 Å². The van der Waals surface area contributed by atoms with Crippen molar-refractivity contribution in [2.45, 2.75) is 25.8 Å². The number of nitrogens with zero attached hydrogens (tertiary/aromatic N) is 1. The molecule has 3 unspecified atom stereocenters. The molecule has 7 nitrogen and oxygen atoms in total. The number of ether oxygens (including phenoxy) is 2. The number of benzene rings is 1. The van der Waals surface area contributed by atoms with Gasteiger partial charge < -0.3 is 25.0 Å². The molecule has 0 bridgehead atoms. The quantitative estimate of drug-likeness (QED) is 0.755. The minimum absolute atomic E-state index is 0. The van der Waals surface area contributed by atoms with Crippen LogP contribution in [0.3, 0.4) is 0 Å². The van der Waals surface area contributed by atoms with Crippen molar-refractivity contribution >= 4 is 29.9 Å². The minimum atomic E-state index is -0.614. The molecule has 0 aromatic heterocycles. The molecule has 0 radical (unpaired) electrons. The Morgan fingerprint density at radius 3 is 2.78 bits per heavy atom. The molecule has 2 fully saturated rings. The van der Waals surface area contributed by atoms with Crippen LogP contribution in [0, 0.1) is 11.8 Å². The lowest BCUT2D eigenvalue weighted by molar-refractivity contribution is -0.132. The first-order chi connectivity index (χ1) is 12.6. The van der Waals surface area contributed by atoms with E-state index in [9.17, 15) is 9.59 Å². The molecule has 3 aliphatic heterocycles. The van der Waals surface area contributed by atoms with Gasteiger partial charge in [0, 0.05) is 30.9 Å². The Morgan fingerprint density at radius 1 is 1.22 bits per heavy atom. The van der Waals surface area contributed by atoms with Crippen molar-refractivity contribution in [2.24, 2.45) is 11.8 Å². The molecule has 2 N–H and O–H groups in total. The van der Waals surface area contributed by atoms with Crippen LogP contribution in [0.2, 0.25) is 0 Å². The zero-order valence-electron chi connectivity index (χ0n) is 15.4. The first-order valence-corrected chi connectivity index (χ1v) is 9.35. The standard InChI is InChI=1S/C19H25N3O4.ClH/c1-12-4-6-20-11-15(12)21-18(23)14-5-7-22(19(14)24)13-2-3-16-17(10-13)26-9-8-25-16;/h2-3,10,12,14-15,20H,4-9,11H2,1H3,(H,21,23);1H. The highest BCUT2D eigenvalue weighted by atomic mass is 35.5. The number of halogens is 1. The maximum absolute atomic E-state index is 12.8. The first-order valence-electron chi connectivity index (χ1n) is 9.35. The molecule has 148 valence electrons. The van der Waals surface area contributed by atoms with Gasteiger partial charge in [-0.15, -0.1) is 12.4 Å². The second kappa shape index (κ2) is 8.35. The summed E-state index contributed by atoms with van der Waals surface area (Å²) in [6, 6.07) is 5.57. The lowest BCUT2D eigenvalue weighted by atomic mass is 9.94. The smallest absolute Gasteiger partial charge is 0.239 e. The summed E-state index contributed by atoms with van der Waals surface area (Å²) < 4.78 is 11.1. The van der Waals surface area contributed by atoms with E-state index in [4.69, 9.17) is 9.47 Å². The number of fused-ring (bicyclic) bond motifs is 1. The fourth-order valence-corrected chi connectivity index (χ4v) is 3.85. The number of nitrogens with one attached hydrogen (secondary N) is 2. The molecule has 4 rings (SSSR count). The van der Waals surface area contributed by atoms with Crippen LogP contribution >= 0.6 is 12.4 Å². The van der Waals surface area contributed by atoms with Gasteiger partial charge in [0.1, 0.15) is 19.1 Å². The molecular formula is C19H26ClN3O4. The molecule has 3 aliphatic rings. The van der Waals surface area contributed by atoms with E-state index < -0.39 is 5.92 Å². The van der Waals surface area contributed by atoms with Gasteiger partial charge in [-0.2, -0.15) is 0 Å². The van der Waals surface area contributed by atoms with Gasteiger partial charge in [-0.3, -0.25) is 9.59 Å². The van der Waals surface area contributed by atoms with Gasteiger partial charge in [0.2, 0.25) is 11.8 Å². The van der Waals surface area contributed by atoms with Gasteiger partial charge in [-0.1, -0.05) is 6.92 Å². The van der Waals surface area contributed by atoms with E-state index in [0.717, 1.165) is 25.2 Å². The number of carbonyl (C=O) groups is 2. The van der Waals surface area contributed by atoms with Crippen molar-refractivity contribution in [3.05, 3.63) is 18.2 Å². The zero-order valence-corrected chi connectivity index (χ0v) is 16.2. The maximum Gasteiger partial charge on any atom is 0.239 e. The lowest BCUT2D eigenvalue weighted by Crippen LogP contribution is -2.52. The number of hydrogen-bond acceptors (Lipinski definition) is 5. The SMILES string of the molecule is CC1CCNCC1NC(=O)C1CCN(c2ccc3c(c2)OCCO3)C1=O.Cl. The predicted octanol–water partition coefficient (Wildman–Crippen LogP) is 1.35. The molecular weight excluding hydrogens is 370 g/mol. The normalized spacial score (nSPS) is 27.1. The van der Waals surface area contributed by atoms with E-state index in [-0.39, 0.29) is 30.3 Å². The van der Waals surface area contributed by atoms with Crippen LogP contribution in [-0.2, 0) is 9.59 Å². The Hall–Kier alpha value is -1.99. The van der Waals surface area contributed by atoms with E-state index in [0.29, 0.717) is 43.6 Å². The summed E-state index contributed by atoms with van der Waals surface area (Å²) in [5.74, 6) is 0.852. The number of rotatable bonds is 3. The third kappa shape index (κ3) is 3.99. The lowest BCUT2D eigenvalue weighted by Gasteiger charge is -2.31. The van der Waals surface area contributed by atoms with Crippen LogP contribution in [0.25, 0.3) is 0 Å². The van der Waals surface area contributed by atoms with Crippen LogP contribution in [-0.4, -0.2) is 50.7 Å². The van der Waals surface area contributed by atoms with Gasteiger partial charge in [0.05, 0.1) is 0 Å². The third-order valence-corrected chi connectivity index (χ3v) is 5.51. The molecule has 8 heteroatoms. The zero-order chi connectivity index (χ0) is 18.1. The average molecular weight is 396 g/mol. The first kappa shape index (κ1) is 19.8. The van der Waals surface area contributed by atoms with Crippen LogP contribution in [0.5, 0.6) is 11.5 Å². The van der Waals surface area contributed by atoms with Gasteiger partial charge in [-0.25, -0.2) is 0 Å². The molecule has 0 aliphatic carbocycles. The number of carbonyl (C=O) groups excluding carboxylic acids is 2. The number of anilines is 1. The summed E-state index contributed by atoms with van der Waals surface area (Å²) in [7, 11) is 0. The van der Waals surface area contributed by atoms with Gasteiger partial charge in [0.15, 0.2) is 11.5 Å². The summed E-state index contributed by atoms with van der Waals surface area (Å²) >= 11 is 0. The van der Waals surface area contributed by atoms with Crippen molar-refractivity contribution in [1.29, 1.82) is 0 Å². The van der Waals surface area contributed by atoms with Crippen LogP contribution in [0.1, 0.15) is 19.8 Å². The summed E-state index contributed by atoms with van der Waals surface area (Å²) in [4.78, 5) is 27.1. The van der Waals surface area contributed by atoms with Gasteiger partial charge >= 0.3 is 0 Å². The van der Waals surface area contributed by atoms with E-state index >= 15 is 0 Å². The molecule has 2 amide bonds. The Balaban J connectivity index is 0.00000210. The van der Waals surface area contributed by atoms with Gasteiger partial charge in [0.25, 0.3) is 0 Å². The maximum atomic E-state index is 12.8. The molecule has 27 heavy (non-hydrogen) atoms. The molecule has 0 spiro atoms. The molecule has 3 atom stereocenters. The van der Waals surface area contributed by atoms with Crippen molar-refractivity contribution in [1.82, 2.24) is 10.6 Å². The van der Waals surface area contributed by atoms with Crippen molar-refractivity contribution in [2.75, 3.05) is 37.7 Å².